The number of benzene rings is 4. The molecule has 1 spiro atoms. The fourth-order valence-electron chi connectivity index (χ4n) is 9.21. The topological polar surface area (TPSA) is 108 Å². The van der Waals surface area contributed by atoms with Gasteiger partial charge in [-0.05, 0) is 87.5 Å². The Balaban J connectivity index is 1.67. The lowest BCUT2D eigenvalue weighted by Gasteiger charge is -2.59. The summed E-state index contributed by atoms with van der Waals surface area (Å²) >= 11 is 0. The van der Waals surface area contributed by atoms with Gasteiger partial charge in [0, 0.05) is 79.1 Å². The van der Waals surface area contributed by atoms with Crippen LogP contribution in [0, 0.1) is 61.6 Å². The molecule has 0 radical (unpaired) electrons. The molecule has 4 aromatic carbocycles. The van der Waals surface area contributed by atoms with Gasteiger partial charge in [0.05, 0.1) is 40.7 Å². The number of hydrogen-bond donors (Lipinski definition) is 0. The lowest BCUT2D eigenvalue weighted by atomic mass is 9.36. The van der Waals surface area contributed by atoms with Gasteiger partial charge in [0.25, 0.3) is 0 Å². The minimum Gasteiger partial charge on any atom is -0.378 e. The summed E-state index contributed by atoms with van der Waals surface area (Å²) in [7, 11) is 15.7. The molecule has 8 nitrogen and oxygen atoms in total. The van der Waals surface area contributed by atoms with Crippen molar-refractivity contribution in [2.24, 2.45) is 16.2 Å². The predicted octanol–water partition coefficient (Wildman–Crippen LogP) is 7.90. The molecule has 0 N–H and O–H groups in total. The molecule has 3 atom stereocenters. The van der Waals surface area contributed by atoms with E-state index in [0.717, 1.165) is 33.9 Å². The summed E-state index contributed by atoms with van der Waals surface area (Å²) in [6.07, 6.45) is 3.96. The zero-order chi connectivity index (χ0) is 38.8. The van der Waals surface area contributed by atoms with Gasteiger partial charge in [0.15, 0.2) is 5.41 Å². The van der Waals surface area contributed by atoms with E-state index in [2.05, 4.69) is 24.3 Å². The Labute approximate surface area is 318 Å². The van der Waals surface area contributed by atoms with Gasteiger partial charge in [0.1, 0.15) is 5.41 Å². The van der Waals surface area contributed by atoms with E-state index in [4.69, 9.17) is 0 Å². The Kier molecular flexibility index (Phi) is 8.22. The van der Waals surface area contributed by atoms with E-state index >= 15 is 0 Å². The molecule has 0 saturated heterocycles. The minimum atomic E-state index is -1.89. The SMILES string of the molecule is CN(C)c1ccc(C2=C[C@]3(c4ccc(N(C)C)cc4)C(C#N)=C(c4ccc(N(C)C)cc4)[C@@]4(C#N)C(c5ccc(N(C)C)cc5)=C[C@]43C2(C#N)C#N)cc1. The molecule has 3 aliphatic rings. The first-order valence-corrected chi connectivity index (χ1v) is 17.8. The Morgan fingerprint density at radius 3 is 1.20 bits per heavy atom. The van der Waals surface area contributed by atoms with Crippen LogP contribution in [0.25, 0.3) is 16.7 Å². The summed E-state index contributed by atoms with van der Waals surface area (Å²) in [4.78, 5) is 7.99. The first-order chi connectivity index (χ1) is 25.8. The van der Waals surface area contributed by atoms with Crippen LogP contribution in [-0.2, 0) is 5.41 Å². The third-order valence-electron chi connectivity index (χ3n) is 11.9. The van der Waals surface area contributed by atoms with Gasteiger partial charge in [0.2, 0.25) is 0 Å². The summed E-state index contributed by atoms with van der Waals surface area (Å²) < 4.78 is 0. The van der Waals surface area contributed by atoms with Gasteiger partial charge < -0.3 is 19.6 Å². The van der Waals surface area contributed by atoms with Crippen molar-refractivity contribution >= 4 is 39.5 Å². The van der Waals surface area contributed by atoms with Crippen molar-refractivity contribution < 1.29 is 0 Å². The number of allylic oxidation sites excluding steroid dienone is 6. The monoisotopic (exact) mass is 706 g/mol. The van der Waals surface area contributed by atoms with Crippen LogP contribution in [0.3, 0.4) is 0 Å². The van der Waals surface area contributed by atoms with E-state index in [-0.39, 0.29) is 0 Å². The maximum atomic E-state index is 12.0. The fraction of sp³-hybridized carbons (Fsp3) is 0.261. The van der Waals surface area contributed by atoms with Gasteiger partial charge >= 0.3 is 0 Å². The minimum absolute atomic E-state index is 0.352. The van der Waals surface area contributed by atoms with Crippen LogP contribution in [0.2, 0.25) is 0 Å². The van der Waals surface area contributed by atoms with Crippen molar-refractivity contribution in [1.82, 2.24) is 0 Å². The van der Waals surface area contributed by atoms with Crippen LogP contribution in [0.15, 0.2) is 115 Å². The first-order valence-electron chi connectivity index (χ1n) is 17.8. The lowest BCUT2D eigenvalue weighted by molar-refractivity contribution is 0.125. The van der Waals surface area contributed by atoms with Crippen LogP contribution in [0.4, 0.5) is 22.7 Å². The highest BCUT2D eigenvalue weighted by Crippen LogP contribution is 2.87. The van der Waals surface area contributed by atoms with Crippen LogP contribution in [0.1, 0.15) is 22.3 Å². The molecule has 0 heterocycles. The molecule has 0 fully saturated rings. The van der Waals surface area contributed by atoms with Crippen LogP contribution < -0.4 is 19.6 Å². The van der Waals surface area contributed by atoms with Gasteiger partial charge in [-0.15, -0.1) is 0 Å². The molecule has 7 rings (SSSR count). The molecule has 0 bridgehead atoms. The second-order valence-electron chi connectivity index (χ2n) is 15.2. The van der Waals surface area contributed by atoms with Crippen LogP contribution in [-0.4, -0.2) is 56.4 Å². The first kappa shape index (κ1) is 35.7. The molecule has 0 amide bonds. The number of nitriles is 4. The molecule has 8 heteroatoms. The van der Waals surface area contributed by atoms with Gasteiger partial charge in [-0.1, -0.05) is 60.7 Å². The highest BCUT2D eigenvalue weighted by Gasteiger charge is 2.87. The van der Waals surface area contributed by atoms with Gasteiger partial charge in [-0.25, -0.2) is 0 Å². The Morgan fingerprint density at radius 1 is 0.444 bits per heavy atom. The van der Waals surface area contributed by atoms with Crippen molar-refractivity contribution in [3.05, 3.63) is 137 Å². The van der Waals surface area contributed by atoms with Crippen molar-refractivity contribution in [3.63, 3.8) is 0 Å². The van der Waals surface area contributed by atoms with Crippen LogP contribution >= 0.6 is 0 Å². The zero-order valence-electron chi connectivity index (χ0n) is 32.0. The van der Waals surface area contributed by atoms with Crippen LogP contribution in [0.5, 0.6) is 0 Å². The van der Waals surface area contributed by atoms with E-state index in [9.17, 15) is 21.0 Å². The Hall–Kier alpha value is -6.74. The molecular weight excluding hydrogens is 665 g/mol. The van der Waals surface area contributed by atoms with E-state index in [1.165, 1.54) is 0 Å². The van der Waals surface area contributed by atoms with E-state index in [1.807, 2.05) is 185 Å². The summed E-state index contributed by atoms with van der Waals surface area (Å²) in [6, 6.07) is 42.0. The van der Waals surface area contributed by atoms with E-state index < -0.39 is 21.7 Å². The second-order valence-corrected chi connectivity index (χ2v) is 15.2. The maximum Gasteiger partial charge on any atom is 0.181 e. The van der Waals surface area contributed by atoms with E-state index in [0.29, 0.717) is 33.4 Å². The molecule has 3 aliphatic carbocycles. The van der Waals surface area contributed by atoms with Crippen molar-refractivity contribution in [2.45, 2.75) is 5.41 Å². The van der Waals surface area contributed by atoms with Gasteiger partial charge in [-0.2, -0.15) is 21.0 Å². The highest BCUT2D eigenvalue weighted by atomic mass is 15.1. The third kappa shape index (κ3) is 4.32. The predicted molar refractivity (Wildman–Crippen MR) is 217 cm³/mol. The molecule has 0 aliphatic heterocycles. The smallest absolute Gasteiger partial charge is 0.181 e. The Bertz CT molecular complexity index is 2410. The fourth-order valence-corrected chi connectivity index (χ4v) is 9.21. The molecule has 0 unspecified atom stereocenters. The van der Waals surface area contributed by atoms with Gasteiger partial charge in [-0.3, -0.25) is 0 Å². The quantitative estimate of drug-likeness (QED) is 0.182. The summed E-state index contributed by atoms with van der Waals surface area (Å²) in [5.74, 6) is 0. The average Bonchev–Trinajstić information content (AvgIpc) is 3.54. The molecule has 0 saturated carbocycles. The summed E-state index contributed by atoms with van der Waals surface area (Å²) in [5.41, 5.74) is 2.44. The standard InChI is InChI=1S/C46H42N8/c1-51(2)35-17-9-31(10-18-35)39-25-44(34-15-23-38(24-16-34)54(7)8)41(27-47)42(33-13-21-37(22-14-33)53(5)6)45(30-50)40(26-46(44,45)43(39,28-48)29-49)32-11-19-36(20-12-32)52(3)4/h9-26H,1-8H3/t44-,45+,46+/m0/s1. The van der Waals surface area contributed by atoms with Crippen molar-refractivity contribution in [2.75, 3.05) is 76.0 Å². The second kappa shape index (κ2) is 12.4. The zero-order valence-corrected chi connectivity index (χ0v) is 32.0. The summed E-state index contributed by atoms with van der Waals surface area (Å²) in [6.45, 7) is 0. The van der Waals surface area contributed by atoms with E-state index in [1.54, 1.807) is 0 Å². The van der Waals surface area contributed by atoms with Crippen molar-refractivity contribution in [3.8, 4) is 24.3 Å². The number of hydrogen-bond acceptors (Lipinski definition) is 8. The number of rotatable bonds is 8. The van der Waals surface area contributed by atoms with Crippen molar-refractivity contribution in [1.29, 1.82) is 21.0 Å². The summed E-state index contributed by atoms with van der Waals surface area (Å²) in [5, 5.41) is 46.9. The molecule has 266 valence electrons. The molecule has 0 aromatic heterocycles. The highest BCUT2D eigenvalue weighted by molar-refractivity contribution is 6.08. The lowest BCUT2D eigenvalue weighted by Crippen LogP contribution is -2.61. The maximum absolute atomic E-state index is 12.0. The molecule has 54 heavy (non-hydrogen) atoms. The normalized spacial score (nSPS) is 22.9. The average molecular weight is 707 g/mol. The number of anilines is 4. The number of nitrogens with zero attached hydrogens (tertiary/aromatic N) is 8. The Morgan fingerprint density at radius 2 is 0.833 bits per heavy atom. The third-order valence-corrected chi connectivity index (χ3v) is 11.9. The molecule has 4 aromatic rings. The largest absolute Gasteiger partial charge is 0.378 e. The molecular formula is C46H42N8.